The molecule has 1 aromatic heterocycles. The van der Waals surface area contributed by atoms with Crippen molar-refractivity contribution in [1.82, 2.24) is 0 Å². The second kappa shape index (κ2) is 10.5. The zero-order valence-electron chi connectivity index (χ0n) is 18.2. The highest BCUT2D eigenvalue weighted by atomic mass is 127. The third kappa shape index (κ3) is 4.90. The number of hydrogen-bond donors (Lipinski definition) is 1. The lowest BCUT2D eigenvalue weighted by Crippen LogP contribution is -1.88. The first-order valence-electron chi connectivity index (χ1n) is 10.0. The molecule has 0 aliphatic heterocycles. The van der Waals surface area contributed by atoms with Crippen molar-refractivity contribution in [3.8, 4) is 45.8 Å². The van der Waals surface area contributed by atoms with Crippen LogP contribution >= 0.6 is 45.2 Å². The van der Waals surface area contributed by atoms with Crippen LogP contribution in [0.15, 0.2) is 70.1 Å². The highest BCUT2D eigenvalue weighted by Gasteiger charge is 2.23. The van der Waals surface area contributed by atoms with Gasteiger partial charge < -0.3 is 19.0 Å². The second-order valence-corrected chi connectivity index (χ2v) is 9.55. The van der Waals surface area contributed by atoms with Crippen LogP contribution in [0.25, 0.3) is 22.5 Å². The standard InChI is InChI=1S/C26H18I2N2O4/c1-32-19-7-3-15(4-8-19)23-21(13-29)26(30-14-17-11-18(27)12-22(28)24(17)31)34-25(23)16-5-9-20(33-2)10-6-16/h3-12,14,31H,1-2H3. The Kier molecular flexibility index (Phi) is 7.43. The second-order valence-electron chi connectivity index (χ2n) is 7.14. The van der Waals surface area contributed by atoms with Crippen molar-refractivity contribution < 1.29 is 19.0 Å². The Morgan fingerprint density at radius 2 is 1.53 bits per heavy atom. The number of halogens is 2. The van der Waals surface area contributed by atoms with Crippen molar-refractivity contribution in [3.05, 3.63) is 78.9 Å². The number of rotatable bonds is 6. The summed E-state index contributed by atoms with van der Waals surface area (Å²) in [5.74, 6) is 2.22. The normalized spacial score (nSPS) is 10.9. The largest absolute Gasteiger partial charge is 0.506 e. The lowest BCUT2D eigenvalue weighted by molar-refractivity contribution is 0.414. The van der Waals surface area contributed by atoms with Crippen molar-refractivity contribution in [2.24, 2.45) is 4.99 Å². The van der Waals surface area contributed by atoms with Gasteiger partial charge in [0.2, 0.25) is 5.88 Å². The molecule has 8 heteroatoms. The Labute approximate surface area is 224 Å². The van der Waals surface area contributed by atoms with Crippen molar-refractivity contribution >= 4 is 57.3 Å². The molecular formula is C26H18I2N2O4. The van der Waals surface area contributed by atoms with E-state index in [-0.39, 0.29) is 11.6 Å². The van der Waals surface area contributed by atoms with Crippen LogP contribution in [0.4, 0.5) is 5.88 Å². The van der Waals surface area contributed by atoms with Crippen LogP contribution in [0.1, 0.15) is 11.1 Å². The van der Waals surface area contributed by atoms with Crippen LogP contribution in [0.5, 0.6) is 17.2 Å². The smallest absolute Gasteiger partial charge is 0.238 e. The first-order chi connectivity index (χ1) is 16.4. The molecule has 4 aromatic rings. The number of phenolic OH excluding ortho intramolecular Hbond substituents is 1. The Morgan fingerprint density at radius 3 is 2.09 bits per heavy atom. The van der Waals surface area contributed by atoms with E-state index in [2.05, 4.69) is 56.2 Å². The molecule has 0 radical (unpaired) electrons. The molecule has 170 valence electrons. The number of nitriles is 1. The van der Waals surface area contributed by atoms with Gasteiger partial charge in [-0.25, -0.2) is 4.99 Å². The molecular weight excluding hydrogens is 658 g/mol. The fraction of sp³-hybridized carbons (Fsp3) is 0.0769. The molecule has 0 saturated heterocycles. The minimum atomic E-state index is 0.126. The van der Waals surface area contributed by atoms with Gasteiger partial charge in [-0.15, -0.1) is 0 Å². The summed E-state index contributed by atoms with van der Waals surface area (Å²) >= 11 is 4.25. The number of hydrogen-bond acceptors (Lipinski definition) is 6. The van der Waals surface area contributed by atoms with E-state index >= 15 is 0 Å². The number of ether oxygens (including phenoxy) is 2. The highest BCUT2D eigenvalue weighted by Crippen LogP contribution is 2.43. The molecule has 0 spiro atoms. The van der Waals surface area contributed by atoms with Gasteiger partial charge in [0.25, 0.3) is 0 Å². The molecule has 1 heterocycles. The van der Waals surface area contributed by atoms with E-state index in [0.717, 1.165) is 14.7 Å². The van der Waals surface area contributed by atoms with Crippen molar-refractivity contribution in [2.45, 2.75) is 0 Å². The van der Waals surface area contributed by atoms with Gasteiger partial charge in [-0.3, -0.25) is 0 Å². The lowest BCUT2D eigenvalue weighted by atomic mass is 9.98. The van der Waals surface area contributed by atoms with E-state index in [1.807, 2.05) is 60.7 Å². The molecule has 0 atom stereocenters. The molecule has 4 rings (SSSR count). The van der Waals surface area contributed by atoms with Gasteiger partial charge in [0.05, 0.1) is 17.8 Å². The number of furan rings is 1. The zero-order chi connectivity index (χ0) is 24.2. The van der Waals surface area contributed by atoms with Crippen molar-refractivity contribution in [1.29, 1.82) is 5.26 Å². The maximum absolute atomic E-state index is 10.4. The van der Waals surface area contributed by atoms with Crippen LogP contribution in [-0.4, -0.2) is 25.5 Å². The first-order valence-corrected chi connectivity index (χ1v) is 12.2. The molecule has 6 nitrogen and oxygen atoms in total. The summed E-state index contributed by atoms with van der Waals surface area (Å²) in [4.78, 5) is 4.46. The van der Waals surface area contributed by atoms with Crippen molar-refractivity contribution in [2.75, 3.05) is 14.2 Å². The zero-order valence-corrected chi connectivity index (χ0v) is 22.5. The number of aromatic hydroxyl groups is 1. The molecule has 0 unspecified atom stereocenters. The fourth-order valence-corrected chi connectivity index (χ4v) is 5.29. The predicted molar refractivity (Wildman–Crippen MR) is 148 cm³/mol. The van der Waals surface area contributed by atoms with Gasteiger partial charge in [-0.1, -0.05) is 12.1 Å². The molecule has 0 fully saturated rings. The van der Waals surface area contributed by atoms with Crippen LogP contribution in [0, 0.1) is 18.5 Å². The molecule has 0 bridgehead atoms. The van der Waals surface area contributed by atoms with E-state index in [0.29, 0.717) is 37.5 Å². The molecule has 0 amide bonds. The van der Waals surface area contributed by atoms with E-state index in [1.54, 1.807) is 14.2 Å². The van der Waals surface area contributed by atoms with E-state index in [1.165, 1.54) is 6.21 Å². The van der Waals surface area contributed by atoms with Gasteiger partial charge in [-0.05, 0) is 99.3 Å². The summed E-state index contributed by atoms with van der Waals surface area (Å²) in [6.07, 6.45) is 1.51. The minimum Gasteiger partial charge on any atom is -0.506 e. The topological polar surface area (TPSA) is 88.0 Å². The molecule has 34 heavy (non-hydrogen) atoms. The average Bonchev–Trinajstić information content (AvgIpc) is 3.23. The number of benzene rings is 3. The Balaban J connectivity index is 1.89. The molecule has 1 N–H and O–H groups in total. The minimum absolute atomic E-state index is 0.126. The van der Waals surface area contributed by atoms with Crippen molar-refractivity contribution in [3.63, 3.8) is 0 Å². The summed E-state index contributed by atoms with van der Waals surface area (Å²) in [5.41, 5.74) is 3.03. The predicted octanol–water partition coefficient (Wildman–Crippen LogP) is 7.17. The van der Waals surface area contributed by atoms with Crippen LogP contribution in [-0.2, 0) is 0 Å². The molecule has 0 saturated carbocycles. The summed E-state index contributed by atoms with van der Waals surface area (Å²) in [6, 6.07) is 20.7. The monoisotopic (exact) mass is 676 g/mol. The van der Waals surface area contributed by atoms with E-state index in [4.69, 9.17) is 13.9 Å². The summed E-state index contributed by atoms with van der Waals surface area (Å²) in [6.45, 7) is 0. The maximum Gasteiger partial charge on any atom is 0.238 e. The third-order valence-corrected chi connectivity index (χ3v) is 6.56. The highest BCUT2D eigenvalue weighted by molar-refractivity contribution is 14.1. The lowest BCUT2D eigenvalue weighted by Gasteiger charge is -2.06. The van der Waals surface area contributed by atoms with E-state index < -0.39 is 0 Å². The van der Waals surface area contributed by atoms with Gasteiger partial charge in [0, 0.05) is 26.5 Å². The first kappa shape index (κ1) is 24.1. The maximum atomic E-state index is 10.4. The quantitative estimate of drug-likeness (QED) is 0.173. The van der Waals surface area contributed by atoms with Crippen LogP contribution < -0.4 is 9.47 Å². The number of nitrogens with zero attached hydrogens (tertiary/aromatic N) is 2. The Morgan fingerprint density at radius 1 is 0.941 bits per heavy atom. The van der Waals surface area contributed by atoms with Crippen LogP contribution in [0.3, 0.4) is 0 Å². The molecule has 3 aromatic carbocycles. The number of phenols is 1. The average molecular weight is 676 g/mol. The summed E-state index contributed by atoms with van der Waals surface area (Å²) < 4.78 is 18.4. The molecule has 0 aliphatic rings. The summed E-state index contributed by atoms with van der Waals surface area (Å²) in [5, 5.41) is 20.5. The SMILES string of the molecule is COc1ccc(-c2oc(N=Cc3cc(I)cc(I)c3O)c(C#N)c2-c2ccc(OC)cc2)cc1. The van der Waals surface area contributed by atoms with Gasteiger partial charge in [-0.2, -0.15) is 5.26 Å². The van der Waals surface area contributed by atoms with Crippen LogP contribution in [0.2, 0.25) is 0 Å². The van der Waals surface area contributed by atoms with Gasteiger partial charge in [0.15, 0.2) is 0 Å². The van der Waals surface area contributed by atoms with Gasteiger partial charge >= 0.3 is 0 Å². The number of methoxy groups -OCH3 is 2. The summed E-state index contributed by atoms with van der Waals surface area (Å²) in [7, 11) is 3.21. The molecule has 0 aliphatic carbocycles. The number of aliphatic imine (C=N–C) groups is 1. The third-order valence-electron chi connectivity index (χ3n) is 5.11. The Bertz CT molecular complexity index is 1400. The fourth-order valence-electron chi connectivity index (χ4n) is 3.41. The Hall–Kier alpha value is -3.04. The van der Waals surface area contributed by atoms with Gasteiger partial charge in [0.1, 0.15) is 34.6 Å². The van der Waals surface area contributed by atoms with E-state index in [9.17, 15) is 10.4 Å².